The van der Waals surface area contributed by atoms with Gasteiger partial charge in [0, 0.05) is 23.5 Å². The van der Waals surface area contributed by atoms with Gasteiger partial charge in [0.2, 0.25) is 0 Å². The van der Waals surface area contributed by atoms with Crippen LogP contribution in [0.4, 0.5) is 0 Å². The average Bonchev–Trinajstić information content (AvgIpc) is 2.83. The smallest absolute Gasteiger partial charge is 0.151 e. The Morgan fingerprint density at radius 1 is 1.31 bits per heavy atom. The molecule has 0 radical (unpaired) electrons. The highest BCUT2D eigenvalue weighted by Gasteiger charge is 1.94. The van der Waals surface area contributed by atoms with E-state index in [0.29, 0.717) is 12.1 Å². The Bertz CT molecular complexity index is 533. The summed E-state index contributed by atoms with van der Waals surface area (Å²) in [5, 5.41) is 4.03. The molecule has 3 nitrogen and oxygen atoms in total. The Kier molecular flexibility index (Phi) is 3.15. The summed E-state index contributed by atoms with van der Waals surface area (Å²) in [4.78, 5) is 10.7. The number of aldehydes is 1. The van der Waals surface area contributed by atoms with Crippen molar-refractivity contribution in [3.63, 3.8) is 0 Å². The van der Waals surface area contributed by atoms with Crippen molar-refractivity contribution in [2.45, 2.75) is 6.54 Å². The van der Waals surface area contributed by atoms with Crippen LogP contribution in [0.15, 0.2) is 42.7 Å². The third-order valence-electron chi connectivity index (χ3n) is 2.11. The van der Waals surface area contributed by atoms with Crippen LogP contribution in [0.5, 0.6) is 0 Å². The van der Waals surface area contributed by atoms with E-state index < -0.39 is 0 Å². The highest BCUT2D eigenvalue weighted by molar-refractivity contribution is 5.79. The SMILES string of the molecule is O=Cc1ccccc1C#CCn1cccn1. The predicted molar refractivity (Wildman–Crippen MR) is 60.9 cm³/mol. The molecule has 0 aliphatic heterocycles. The van der Waals surface area contributed by atoms with Crippen molar-refractivity contribution < 1.29 is 4.79 Å². The molecule has 0 saturated carbocycles. The van der Waals surface area contributed by atoms with Crippen molar-refractivity contribution in [1.29, 1.82) is 0 Å². The molecule has 0 atom stereocenters. The number of rotatable bonds is 2. The number of nitrogens with zero attached hydrogens (tertiary/aromatic N) is 2. The van der Waals surface area contributed by atoms with E-state index in [2.05, 4.69) is 16.9 Å². The van der Waals surface area contributed by atoms with E-state index in [1.54, 1.807) is 16.9 Å². The number of carbonyl (C=O) groups is 1. The van der Waals surface area contributed by atoms with Crippen LogP contribution in [-0.4, -0.2) is 16.1 Å². The Balaban J connectivity index is 2.14. The molecule has 0 saturated heterocycles. The molecule has 3 heteroatoms. The van der Waals surface area contributed by atoms with Gasteiger partial charge in [-0.2, -0.15) is 5.10 Å². The molecule has 0 unspecified atom stereocenters. The first kappa shape index (κ1) is 10.2. The van der Waals surface area contributed by atoms with E-state index in [1.807, 2.05) is 30.5 Å². The molecule has 0 aliphatic carbocycles. The molecule has 2 aromatic rings. The predicted octanol–water partition coefficient (Wildman–Crippen LogP) is 1.75. The third kappa shape index (κ3) is 2.37. The lowest BCUT2D eigenvalue weighted by atomic mass is 10.1. The van der Waals surface area contributed by atoms with Crippen LogP contribution >= 0.6 is 0 Å². The first-order valence-corrected chi connectivity index (χ1v) is 4.90. The Morgan fingerprint density at radius 2 is 2.19 bits per heavy atom. The number of hydrogen-bond acceptors (Lipinski definition) is 2. The van der Waals surface area contributed by atoms with Crippen molar-refractivity contribution >= 4 is 6.29 Å². The quantitative estimate of drug-likeness (QED) is 0.559. The van der Waals surface area contributed by atoms with Gasteiger partial charge in [-0.15, -0.1) is 0 Å². The molecule has 16 heavy (non-hydrogen) atoms. The zero-order valence-electron chi connectivity index (χ0n) is 8.63. The maximum absolute atomic E-state index is 10.7. The van der Waals surface area contributed by atoms with E-state index in [1.165, 1.54) is 0 Å². The molecule has 2 rings (SSSR count). The molecule has 0 fully saturated rings. The van der Waals surface area contributed by atoms with E-state index in [-0.39, 0.29) is 0 Å². The van der Waals surface area contributed by atoms with Crippen molar-refractivity contribution in [2.75, 3.05) is 0 Å². The van der Waals surface area contributed by atoms with Crippen molar-refractivity contribution in [3.8, 4) is 11.8 Å². The lowest BCUT2D eigenvalue weighted by Crippen LogP contribution is -1.95. The zero-order valence-corrected chi connectivity index (χ0v) is 8.63. The number of carbonyl (C=O) groups excluding carboxylic acids is 1. The second kappa shape index (κ2) is 4.94. The second-order valence-electron chi connectivity index (χ2n) is 3.21. The minimum absolute atomic E-state index is 0.528. The summed E-state index contributed by atoms with van der Waals surface area (Å²) < 4.78 is 1.73. The Labute approximate surface area is 93.7 Å². The molecule has 0 aliphatic rings. The molecule has 0 spiro atoms. The van der Waals surface area contributed by atoms with Crippen LogP contribution in [0.1, 0.15) is 15.9 Å². The van der Waals surface area contributed by atoms with E-state index in [0.717, 1.165) is 11.8 Å². The largest absolute Gasteiger partial charge is 0.298 e. The van der Waals surface area contributed by atoms with E-state index >= 15 is 0 Å². The summed E-state index contributed by atoms with van der Waals surface area (Å²) in [6.45, 7) is 0.528. The summed E-state index contributed by atoms with van der Waals surface area (Å²) in [6.07, 6.45) is 4.37. The summed E-state index contributed by atoms with van der Waals surface area (Å²) >= 11 is 0. The van der Waals surface area contributed by atoms with Gasteiger partial charge < -0.3 is 0 Å². The molecule has 0 bridgehead atoms. The molecule has 0 amide bonds. The monoisotopic (exact) mass is 210 g/mol. The molecule has 1 heterocycles. The van der Waals surface area contributed by atoms with Crippen LogP contribution in [0.3, 0.4) is 0 Å². The van der Waals surface area contributed by atoms with Gasteiger partial charge in [0.15, 0.2) is 6.29 Å². The lowest BCUT2D eigenvalue weighted by Gasteiger charge is -1.94. The Hall–Kier alpha value is -2.34. The maximum atomic E-state index is 10.7. The van der Waals surface area contributed by atoms with Crippen LogP contribution in [-0.2, 0) is 6.54 Å². The first-order valence-electron chi connectivity index (χ1n) is 4.90. The van der Waals surface area contributed by atoms with Gasteiger partial charge in [-0.25, -0.2) is 0 Å². The average molecular weight is 210 g/mol. The van der Waals surface area contributed by atoms with Gasteiger partial charge >= 0.3 is 0 Å². The molecule has 78 valence electrons. The van der Waals surface area contributed by atoms with Crippen LogP contribution in [0.25, 0.3) is 0 Å². The van der Waals surface area contributed by atoms with Crippen molar-refractivity contribution in [2.24, 2.45) is 0 Å². The zero-order chi connectivity index (χ0) is 11.2. The van der Waals surface area contributed by atoms with Gasteiger partial charge in [-0.05, 0) is 12.1 Å². The van der Waals surface area contributed by atoms with Crippen LogP contribution in [0, 0.1) is 11.8 Å². The number of aromatic nitrogens is 2. The Morgan fingerprint density at radius 3 is 2.94 bits per heavy atom. The van der Waals surface area contributed by atoms with Gasteiger partial charge in [-0.1, -0.05) is 30.0 Å². The minimum Gasteiger partial charge on any atom is -0.298 e. The lowest BCUT2D eigenvalue weighted by molar-refractivity contribution is 0.112. The van der Waals surface area contributed by atoms with Crippen molar-refractivity contribution in [1.82, 2.24) is 9.78 Å². The molecular formula is C13H10N2O. The maximum Gasteiger partial charge on any atom is 0.151 e. The van der Waals surface area contributed by atoms with E-state index in [4.69, 9.17) is 0 Å². The number of hydrogen-bond donors (Lipinski definition) is 0. The number of benzene rings is 1. The van der Waals surface area contributed by atoms with E-state index in [9.17, 15) is 4.79 Å². The van der Waals surface area contributed by atoms with Crippen molar-refractivity contribution in [3.05, 3.63) is 53.9 Å². The highest BCUT2D eigenvalue weighted by Crippen LogP contribution is 2.03. The van der Waals surface area contributed by atoms with Gasteiger partial charge in [0.25, 0.3) is 0 Å². The fourth-order valence-corrected chi connectivity index (χ4v) is 1.32. The second-order valence-corrected chi connectivity index (χ2v) is 3.21. The van der Waals surface area contributed by atoms with Gasteiger partial charge in [-0.3, -0.25) is 9.48 Å². The molecule has 1 aromatic carbocycles. The first-order chi connectivity index (χ1) is 7.90. The summed E-state index contributed by atoms with van der Waals surface area (Å²) in [5.74, 6) is 5.93. The molecular weight excluding hydrogens is 200 g/mol. The standard InChI is InChI=1S/C13H10N2O/c16-11-13-6-2-1-5-12(13)7-3-9-15-10-4-8-14-15/h1-2,4-6,8,10-11H,9H2. The topological polar surface area (TPSA) is 34.9 Å². The van der Waals surface area contributed by atoms with Crippen LogP contribution < -0.4 is 0 Å². The minimum atomic E-state index is 0.528. The van der Waals surface area contributed by atoms with Gasteiger partial charge in [0.1, 0.15) is 6.54 Å². The summed E-state index contributed by atoms with van der Waals surface area (Å²) in [5.41, 5.74) is 1.38. The normalized spacial score (nSPS) is 9.25. The fourth-order valence-electron chi connectivity index (χ4n) is 1.32. The van der Waals surface area contributed by atoms with Crippen LogP contribution in [0.2, 0.25) is 0 Å². The molecule has 1 aromatic heterocycles. The summed E-state index contributed by atoms with van der Waals surface area (Å²) in [6, 6.07) is 9.12. The molecule has 0 N–H and O–H groups in total. The summed E-state index contributed by atoms with van der Waals surface area (Å²) in [7, 11) is 0. The van der Waals surface area contributed by atoms with Gasteiger partial charge in [0.05, 0.1) is 0 Å². The third-order valence-corrected chi connectivity index (χ3v) is 2.11. The highest BCUT2D eigenvalue weighted by atomic mass is 16.1. The fraction of sp³-hybridized carbons (Fsp3) is 0.0769.